The Labute approximate surface area is 149 Å². The Morgan fingerprint density at radius 1 is 1.50 bits per heavy atom. The number of carbonyl (C=O) groups is 2. The summed E-state index contributed by atoms with van der Waals surface area (Å²) in [5, 5.41) is 11.3. The Kier molecular flexibility index (Phi) is 6.77. The van der Waals surface area contributed by atoms with Crippen LogP contribution in [0.3, 0.4) is 0 Å². The minimum Gasteiger partial charge on any atom is -0.497 e. The van der Waals surface area contributed by atoms with Gasteiger partial charge in [-0.1, -0.05) is 36.1 Å². The first-order chi connectivity index (χ1) is 11.5. The van der Waals surface area contributed by atoms with Gasteiger partial charge in [-0.15, -0.1) is 0 Å². The van der Waals surface area contributed by atoms with Crippen LogP contribution in [0.2, 0.25) is 0 Å². The predicted molar refractivity (Wildman–Crippen MR) is 97.6 cm³/mol. The number of rotatable bonds is 7. The molecule has 1 aliphatic heterocycles. The molecule has 0 atom stereocenters. The third-order valence-electron chi connectivity index (χ3n) is 3.22. The van der Waals surface area contributed by atoms with Crippen LogP contribution in [-0.2, 0) is 9.59 Å². The van der Waals surface area contributed by atoms with E-state index in [2.05, 4.69) is 5.32 Å². The normalized spacial score (nSPS) is 15.9. The Morgan fingerprint density at radius 3 is 3.00 bits per heavy atom. The number of hydrogen-bond acceptors (Lipinski definition) is 6. The van der Waals surface area contributed by atoms with Gasteiger partial charge in [0, 0.05) is 13.2 Å². The Morgan fingerprint density at radius 2 is 2.29 bits per heavy atom. The Balaban J connectivity index is 2.05. The fourth-order valence-corrected chi connectivity index (χ4v) is 3.28. The first-order valence-corrected chi connectivity index (χ1v) is 8.54. The first-order valence-electron chi connectivity index (χ1n) is 7.32. The van der Waals surface area contributed by atoms with E-state index in [4.69, 9.17) is 22.1 Å². The predicted octanol–water partition coefficient (Wildman–Crippen LogP) is 1.39. The highest BCUT2D eigenvalue weighted by molar-refractivity contribution is 8.26. The van der Waals surface area contributed by atoms with E-state index >= 15 is 0 Å². The zero-order valence-electron chi connectivity index (χ0n) is 13.2. The minimum atomic E-state index is -0.303. The molecule has 1 aromatic rings. The largest absolute Gasteiger partial charge is 0.497 e. The van der Waals surface area contributed by atoms with Crippen LogP contribution in [0, 0.1) is 0 Å². The maximum absolute atomic E-state index is 12.4. The third kappa shape index (κ3) is 4.80. The fourth-order valence-electron chi connectivity index (χ4n) is 2.03. The van der Waals surface area contributed by atoms with Crippen molar-refractivity contribution in [2.45, 2.75) is 6.42 Å². The van der Waals surface area contributed by atoms with Crippen LogP contribution in [-0.4, -0.2) is 52.9 Å². The highest BCUT2D eigenvalue weighted by Crippen LogP contribution is 2.32. The summed E-state index contributed by atoms with van der Waals surface area (Å²) in [5.74, 6) is 0.106. The van der Waals surface area contributed by atoms with Crippen molar-refractivity contribution in [3.05, 3.63) is 34.7 Å². The van der Waals surface area contributed by atoms with Gasteiger partial charge in [0.2, 0.25) is 5.91 Å². The zero-order valence-corrected chi connectivity index (χ0v) is 14.8. The summed E-state index contributed by atoms with van der Waals surface area (Å²) in [6.07, 6.45) is 2.20. The van der Waals surface area contributed by atoms with Crippen LogP contribution in [0.15, 0.2) is 29.2 Å². The summed E-state index contributed by atoms with van der Waals surface area (Å²) in [6.45, 7) is 0.250. The van der Waals surface area contributed by atoms with Gasteiger partial charge in [0.15, 0.2) is 0 Å². The Hall–Kier alpha value is -1.90. The lowest BCUT2D eigenvalue weighted by Crippen LogP contribution is -2.39. The second-order valence-corrected chi connectivity index (χ2v) is 6.65. The second kappa shape index (κ2) is 8.81. The monoisotopic (exact) mass is 366 g/mol. The first kappa shape index (κ1) is 18.4. The molecule has 8 heteroatoms. The van der Waals surface area contributed by atoms with Gasteiger partial charge < -0.3 is 15.2 Å². The van der Waals surface area contributed by atoms with Gasteiger partial charge in [-0.3, -0.25) is 14.5 Å². The van der Waals surface area contributed by atoms with Crippen molar-refractivity contribution in [2.24, 2.45) is 0 Å². The molecule has 1 aliphatic rings. The van der Waals surface area contributed by atoms with Gasteiger partial charge in [-0.25, -0.2) is 0 Å². The minimum absolute atomic E-state index is 0.00458. The van der Waals surface area contributed by atoms with Gasteiger partial charge in [-0.05, 0) is 30.2 Å². The van der Waals surface area contributed by atoms with Crippen LogP contribution >= 0.6 is 24.0 Å². The van der Waals surface area contributed by atoms with E-state index in [0.29, 0.717) is 27.9 Å². The Bertz CT molecular complexity index is 676. The molecule has 0 aliphatic carbocycles. The van der Waals surface area contributed by atoms with Crippen molar-refractivity contribution in [1.82, 2.24) is 10.2 Å². The lowest BCUT2D eigenvalue weighted by atomic mass is 10.2. The van der Waals surface area contributed by atoms with E-state index in [1.807, 2.05) is 24.3 Å². The highest BCUT2D eigenvalue weighted by Gasteiger charge is 2.33. The number of nitrogens with zero attached hydrogens (tertiary/aromatic N) is 1. The van der Waals surface area contributed by atoms with E-state index < -0.39 is 0 Å². The van der Waals surface area contributed by atoms with Gasteiger partial charge in [-0.2, -0.15) is 0 Å². The molecule has 0 aromatic heterocycles. The van der Waals surface area contributed by atoms with Crippen molar-refractivity contribution >= 4 is 46.2 Å². The molecule has 1 aromatic carbocycles. The smallest absolute Gasteiger partial charge is 0.266 e. The third-order valence-corrected chi connectivity index (χ3v) is 4.60. The molecular formula is C16H18N2O4S2. The summed E-state index contributed by atoms with van der Waals surface area (Å²) >= 11 is 6.36. The summed E-state index contributed by atoms with van der Waals surface area (Å²) in [6, 6.07) is 7.32. The van der Waals surface area contributed by atoms with E-state index in [-0.39, 0.29) is 25.0 Å². The van der Waals surface area contributed by atoms with E-state index in [0.717, 1.165) is 5.56 Å². The lowest BCUT2D eigenvalue weighted by molar-refractivity contribution is -0.128. The molecule has 2 N–H and O–H groups in total. The molecular weight excluding hydrogens is 348 g/mol. The van der Waals surface area contributed by atoms with Gasteiger partial charge in [0.1, 0.15) is 16.6 Å². The molecule has 0 unspecified atom stereocenters. The number of ether oxygens (including phenoxy) is 1. The van der Waals surface area contributed by atoms with Crippen molar-refractivity contribution in [3.63, 3.8) is 0 Å². The fraction of sp³-hybridized carbons (Fsp3) is 0.312. The number of aliphatic hydroxyl groups excluding tert-OH is 1. The van der Waals surface area contributed by atoms with Gasteiger partial charge in [0.25, 0.3) is 5.91 Å². The second-order valence-electron chi connectivity index (χ2n) is 4.97. The number of amides is 2. The molecule has 2 amide bonds. The summed E-state index contributed by atoms with van der Waals surface area (Å²) in [7, 11) is 1.58. The van der Waals surface area contributed by atoms with Gasteiger partial charge >= 0.3 is 0 Å². The molecule has 1 fully saturated rings. The number of aliphatic hydroxyl groups is 1. The van der Waals surface area contributed by atoms with E-state index in [9.17, 15) is 9.59 Å². The van der Waals surface area contributed by atoms with Crippen LogP contribution in [0.25, 0.3) is 6.08 Å². The number of carbonyl (C=O) groups excluding carboxylic acids is 2. The standard InChI is InChI=1S/C16H18N2O4S2/c1-22-12-5-2-4-11(8-12)9-13-15(21)18(16(23)24-13)10-14(20)17-6-3-7-19/h2,4-5,8-9,19H,3,6-7,10H2,1H3,(H,17,20)/b13-9-. The summed E-state index contributed by atoms with van der Waals surface area (Å²) < 4.78 is 5.51. The topological polar surface area (TPSA) is 78.9 Å². The molecule has 6 nitrogen and oxygen atoms in total. The average Bonchev–Trinajstić information content (AvgIpc) is 2.83. The number of thioether (sulfide) groups is 1. The molecule has 0 bridgehead atoms. The maximum Gasteiger partial charge on any atom is 0.266 e. The van der Waals surface area contributed by atoms with Crippen molar-refractivity contribution in [3.8, 4) is 5.75 Å². The molecule has 128 valence electrons. The van der Waals surface area contributed by atoms with Crippen LogP contribution < -0.4 is 10.1 Å². The van der Waals surface area contributed by atoms with Crippen LogP contribution in [0.5, 0.6) is 5.75 Å². The summed E-state index contributed by atoms with van der Waals surface area (Å²) in [5.41, 5.74) is 0.822. The van der Waals surface area contributed by atoms with Crippen LogP contribution in [0.1, 0.15) is 12.0 Å². The number of thiocarbonyl (C=S) groups is 1. The number of hydrogen-bond donors (Lipinski definition) is 2. The number of methoxy groups -OCH3 is 1. The molecule has 1 heterocycles. The number of nitrogens with one attached hydrogen (secondary N) is 1. The van der Waals surface area contributed by atoms with Gasteiger partial charge in [0.05, 0.1) is 12.0 Å². The van der Waals surface area contributed by atoms with Crippen molar-refractivity contribution in [2.75, 3.05) is 26.8 Å². The van der Waals surface area contributed by atoms with Crippen molar-refractivity contribution < 1.29 is 19.4 Å². The lowest BCUT2D eigenvalue weighted by Gasteiger charge is -2.13. The zero-order chi connectivity index (χ0) is 17.5. The average molecular weight is 366 g/mol. The van der Waals surface area contributed by atoms with Crippen molar-refractivity contribution in [1.29, 1.82) is 0 Å². The molecule has 0 radical (unpaired) electrons. The highest BCUT2D eigenvalue weighted by atomic mass is 32.2. The molecule has 0 saturated carbocycles. The molecule has 1 saturated heterocycles. The summed E-state index contributed by atoms with van der Waals surface area (Å²) in [4.78, 5) is 26.0. The van der Waals surface area contributed by atoms with E-state index in [1.54, 1.807) is 13.2 Å². The maximum atomic E-state index is 12.4. The van der Waals surface area contributed by atoms with Crippen LogP contribution in [0.4, 0.5) is 0 Å². The quantitative estimate of drug-likeness (QED) is 0.431. The molecule has 24 heavy (non-hydrogen) atoms. The SMILES string of the molecule is COc1cccc(/C=C2\SC(=S)N(CC(=O)NCCCO)C2=O)c1. The number of benzene rings is 1. The van der Waals surface area contributed by atoms with E-state index in [1.165, 1.54) is 16.7 Å². The molecule has 0 spiro atoms. The molecule has 2 rings (SSSR count).